The average Bonchev–Trinajstić information content (AvgIpc) is 2.62. The third kappa shape index (κ3) is 4.85. The Kier molecular flexibility index (Phi) is 7.88. The maximum atomic E-state index is 12.8. The van der Waals surface area contributed by atoms with E-state index in [1.54, 1.807) is 0 Å². The smallest absolute Gasteiger partial charge is 0.103 e. The van der Waals surface area contributed by atoms with Crippen LogP contribution in [-0.4, -0.2) is 43.3 Å². The van der Waals surface area contributed by atoms with E-state index in [2.05, 4.69) is 10.2 Å². The van der Waals surface area contributed by atoms with Gasteiger partial charge in [-0.15, -0.1) is 24.8 Å². The van der Waals surface area contributed by atoms with Crippen molar-refractivity contribution in [1.29, 1.82) is 0 Å². The second-order valence-corrected chi connectivity index (χ2v) is 4.27. The first kappa shape index (κ1) is 15.4. The van der Waals surface area contributed by atoms with Gasteiger partial charge < -0.3 is 10.2 Å². The highest BCUT2D eigenvalue weighted by atomic mass is 35.5. The molecule has 2 aliphatic heterocycles. The second kappa shape index (κ2) is 7.66. The van der Waals surface area contributed by atoms with Crippen LogP contribution in [0, 0.1) is 0 Å². The Hall–Kier alpha value is 0.430. The Labute approximate surface area is 104 Å². The lowest BCUT2D eigenvalue weighted by atomic mass is 10.1. The quantitative estimate of drug-likeness (QED) is 0.816. The SMILES string of the molecule is Cl.Cl.FC1CCN(C[C@@H]2CCCN2)CC1. The number of nitrogens with one attached hydrogen (secondary N) is 1. The lowest BCUT2D eigenvalue weighted by Crippen LogP contribution is -2.42. The van der Waals surface area contributed by atoms with Crippen molar-refractivity contribution in [1.82, 2.24) is 10.2 Å². The fourth-order valence-electron chi connectivity index (χ4n) is 2.31. The zero-order valence-electron chi connectivity index (χ0n) is 8.95. The zero-order valence-corrected chi connectivity index (χ0v) is 10.6. The van der Waals surface area contributed by atoms with Gasteiger partial charge >= 0.3 is 0 Å². The standard InChI is InChI=1S/C10H19FN2.2ClH/c11-9-3-6-13(7-4-9)8-10-2-1-5-12-10;;/h9-10,12H,1-8H2;2*1H/t10-;;/m0../s1. The van der Waals surface area contributed by atoms with Gasteiger partial charge in [-0.2, -0.15) is 0 Å². The summed E-state index contributed by atoms with van der Waals surface area (Å²) in [5.41, 5.74) is 0. The molecule has 0 aromatic carbocycles. The van der Waals surface area contributed by atoms with Gasteiger partial charge in [0, 0.05) is 25.7 Å². The lowest BCUT2D eigenvalue weighted by Gasteiger charge is -2.30. The number of hydrogen-bond acceptors (Lipinski definition) is 2. The van der Waals surface area contributed by atoms with E-state index in [0.29, 0.717) is 6.04 Å². The Morgan fingerprint density at radius 3 is 2.33 bits per heavy atom. The first-order valence-corrected chi connectivity index (χ1v) is 5.44. The van der Waals surface area contributed by atoms with E-state index in [0.717, 1.165) is 32.5 Å². The molecule has 2 nitrogen and oxygen atoms in total. The van der Waals surface area contributed by atoms with Crippen molar-refractivity contribution in [2.24, 2.45) is 0 Å². The molecule has 92 valence electrons. The maximum absolute atomic E-state index is 12.8. The van der Waals surface area contributed by atoms with E-state index < -0.39 is 6.17 Å². The molecule has 0 amide bonds. The van der Waals surface area contributed by atoms with Crippen LogP contribution in [0.15, 0.2) is 0 Å². The zero-order chi connectivity index (χ0) is 9.10. The summed E-state index contributed by atoms with van der Waals surface area (Å²) < 4.78 is 12.8. The normalized spacial score (nSPS) is 28.2. The average molecular weight is 259 g/mol. The van der Waals surface area contributed by atoms with Crippen molar-refractivity contribution in [3.05, 3.63) is 0 Å². The molecule has 0 aromatic heterocycles. The number of hydrogen-bond donors (Lipinski definition) is 1. The molecule has 0 bridgehead atoms. The fourth-order valence-corrected chi connectivity index (χ4v) is 2.31. The lowest BCUT2D eigenvalue weighted by molar-refractivity contribution is 0.142. The minimum absolute atomic E-state index is 0. The largest absolute Gasteiger partial charge is 0.313 e. The van der Waals surface area contributed by atoms with E-state index in [-0.39, 0.29) is 24.8 Å². The summed E-state index contributed by atoms with van der Waals surface area (Å²) in [6.07, 6.45) is 3.56. The molecule has 0 spiro atoms. The van der Waals surface area contributed by atoms with Crippen molar-refractivity contribution in [2.45, 2.75) is 37.9 Å². The molecular weight excluding hydrogens is 238 g/mol. The van der Waals surface area contributed by atoms with Crippen molar-refractivity contribution < 1.29 is 4.39 Å². The highest BCUT2D eigenvalue weighted by Crippen LogP contribution is 2.15. The van der Waals surface area contributed by atoms with Crippen molar-refractivity contribution in [3.63, 3.8) is 0 Å². The van der Waals surface area contributed by atoms with E-state index >= 15 is 0 Å². The molecule has 2 heterocycles. The molecule has 2 aliphatic rings. The third-order valence-electron chi connectivity index (χ3n) is 3.16. The number of likely N-dealkylation sites (tertiary alicyclic amines) is 1. The number of halogens is 3. The monoisotopic (exact) mass is 258 g/mol. The van der Waals surface area contributed by atoms with Gasteiger partial charge in [-0.25, -0.2) is 4.39 Å². The number of nitrogens with zero attached hydrogens (tertiary/aromatic N) is 1. The summed E-state index contributed by atoms with van der Waals surface area (Å²) in [4.78, 5) is 2.40. The number of piperidine rings is 1. The van der Waals surface area contributed by atoms with E-state index in [1.165, 1.54) is 19.4 Å². The second-order valence-electron chi connectivity index (χ2n) is 4.27. The van der Waals surface area contributed by atoms with Gasteiger partial charge in [-0.05, 0) is 32.2 Å². The first-order chi connectivity index (χ1) is 6.34. The molecule has 1 N–H and O–H groups in total. The number of alkyl halides is 1. The Balaban J connectivity index is 0.000000980. The van der Waals surface area contributed by atoms with Gasteiger partial charge in [0.25, 0.3) is 0 Å². The highest BCUT2D eigenvalue weighted by Gasteiger charge is 2.22. The number of rotatable bonds is 2. The van der Waals surface area contributed by atoms with Crippen LogP contribution in [0.5, 0.6) is 0 Å². The van der Waals surface area contributed by atoms with Crippen molar-refractivity contribution >= 4 is 24.8 Å². The van der Waals surface area contributed by atoms with Crippen LogP contribution in [0.3, 0.4) is 0 Å². The Morgan fingerprint density at radius 1 is 1.13 bits per heavy atom. The van der Waals surface area contributed by atoms with Crippen LogP contribution in [0.25, 0.3) is 0 Å². The minimum Gasteiger partial charge on any atom is -0.313 e. The predicted octanol–water partition coefficient (Wildman–Crippen LogP) is 2.02. The van der Waals surface area contributed by atoms with Gasteiger partial charge in [0.15, 0.2) is 0 Å². The molecule has 2 rings (SSSR count). The van der Waals surface area contributed by atoms with Crippen LogP contribution in [-0.2, 0) is 0 Å². The van der Waals surface area contributed by atoms with Crippen molar-refractivity contribution in [2.75, 3.05) is 26.2 Å². The van der Waals surface area contributed by atoms with Gasteiger partial charge in [-0.1, -0.05) is 0 Å². The van der Waals surface area contributed by atoms with Gasteiger partial charge in [-0.3, -0.25) is 0 Å². The molecule has 0 aliphatic carbocycles. The molecule has 1 atom stereocenters. The molecule has 2 fully saturated rings. The molecular formula is C10H21Cl2FN2. The topological polar surface area (TPSA) is 15.3 Å². The highest BCUT2D eigenvalue weighted by molar-refractivity contribution is 5.85. The summed E-state index contributed by atoms with van der Waals surface area (Å²) in [6.45, 7) is 4.22. The van der Waals surface area contributed by atoms with Crippen LogP contribution in [0.2, 0.25) is 0 Å². The molecule has 2 saturated heterocycles. The van der Waals surface area contributed by atoms with E-state index in [9.17, 15) is 4.39 Å². The summed E-state index contributed by atoms with van der Waals surface area (Å²) in [7, 11) is 0. The van der Waals surface area contributed by atoms with Crippen molar-refractivity contribution in [3.8, 4) is 0 Å². The summed E-state index contributed by atoms with van der Waals surface area (Å²) >= 11 is 0. The Morgan fingerprint density at radius 2 is 1.80 bits per heavy atom. The van der Waals surface area contributed by atoms with Gasteiger partial charge in [0.1, 0.15) is 6.17 Å². The molecule has 0 unspecified atom stereocenters. The molecule has 0 saturated carbocycles. The molecule has 15 heavy (non-hydrogen) atoms. The summed E-state index contributed by atoms with van der Waals surface area (Å²) in [5.74, 6) is 0. The minimum atomic E-state index is -0.534. The summed E-state index contributed by atoms with van der Waals surface area (Å²) in [6, 6.07) is 0.677. The van der Waals surface area contributed by atoms with Crippen LogP contribution >= 0.6 is 24.8 Å². The Bertz CT molecular complexity index is 158. The van der Waals surface area contributed by atoms with Crippen LogP contribution in [0.4, 0.5) is 4.39 Å². The van der Waals surface area contributed by atoms with Gasteiger partial charge in [0.05, 0.1) is 0 Å². The third-order valence-corrected chi connectivity index (χ3v) is 3.16. The molecule has 0 aromatic rings. The van der Waals surface area contributed by atoms with Gasteiger partial charge in [0.2, 0.25) is 0 Å². The first-order valence-electron chi connectivity index (χ1n) is 5.44. The maximum Gasteiger partial charge on any atom is 0.103 e. The fraction of sp³-hybridized carbons (Fsp3) is 1.00. The van der Waals surface area contributed by atoms with E-state index in [1.807, 2.05) is 0 Å². The summed E-state index contributed by atoms with van der Waals surface area (Å²) in [5, 5.41) is 3.48. The molecule has 0 radical (unpaired) electrons. The van der Waals surface area contributed by atoms with Crippen LogP contribution < -0.4 is 5.32 Å². The predicted molar refractivity (Wildman–Crippen MR) is 66.1 cm³/mol. The van der Waals surface area contributed by atoms with E-state index in [4.69, 9.17) is 0 Å². The van der Waals surface area contributed by atoms with Crippen LogP contribution in [0.1, 0.15) is 25.7 Å². The molecule has 5 heteroatoms.